The Morgan fingerprint density at radius 2 is 1.81 bits per heavy atom. The number of hydrogen-bond acceptors (Lipinski definition) is 6. The van der Waals surface area contributed by atoms with Gasteiger partial charge in [0.15, 0.2) is 11.4 Å². The summed E-state index contributed by atoms with van der Waals surface area (Å²) < 4.78 is 49.4. The lowest BCUT2D eigenvalue weighted by atomic mass is 9.72. The maximum absolute atomic E-state index is 14.2. The van der Waals surface area contributed by atoms with Crippen LogP contribution in [0.1, 0.15) is 31.2 Å². The Hall–Kier alpha value is -2.37. The summed E-state index contributed by atoms with van der Waals surface area (Å²) in [5.74, 6) is 1.33. The van der Waals surface area contributed by atoms with E-state index in [1.54, 1.807) is 12.1 Å². The van der Waals surface area contributed by atoms with Crippen molar-refractivity contribution in [1.29, 1.82) is 0 Å². The minimum atomic E-state index is -4.45. The van der Waals surface area contributed by atoms with Crippen molar-refractivity contribution >= 4 is 23.5 Å². The Morgan fingerprint density at radius 3 is 2.42 bits per heavy atom. The van der Waals surface area contributed by atoms with E-state index in [9.17, 15) is 18.0 Å². The van der Waals surface area contributed by atoms with Crippen LogP contribution in [0.2, 0.25) is 5.02 Å². The summed E-state index contributed by atoms with van der Waals surface area (Å²) in [6.07, 6.45) is -2.51. The van der Waals surface area contributed by atoms with E-state index in [-0.39, 0.29) is 29.8 Å². The highest BCUT2D eigenvalue weighted by Gasteiger charge is 2.64. The van der Waals surface area contributed by atoms with Crippen LogP contribution in [0.25, 0.3) is 5.69 Å². The first-order valence-electron chi connectivity index (χ1n) is 12.2. The van der Waals surface area contributed by atoms with Crippen molar-refractivity contribution in [3.63, 3.8) is 0 Å². The molecule has 0 bridgehead atoms. The molecular weight excluding hydrogens is 497 g/mol. The van der Waals surface area contributed by atoms with Gasteiger partial charge in [-0.25, -0.2) is 0 Å². The number of nitrogens with zero attached hydrogens (tertiary/aromatic N) is 6. The van der Waals surface area contributed by atoms with E-state index in [1.165, 1.54) is 4.90 Å². The number of carbonyl (C=O) groups excluding carboxylic acids is 1. The fraction of sp³-hybridized carbons (Fsp3) is 0.625. The molecule has 0 radical (unpaired) electrons. The second kappa shape index (κ2) is 7.14. The molecule has 1 aromatic heterocycles. The van der Waals surface area contributed by atoms with Crippen molar-refractivity contribution in [2.24, 2.45) is 10.8 Å². The van der Waals surface area contributed by atoms with E-state index in [1.807, 2.05) is 22.5 Å². The number of ether oxygens (including phenoxy) is 1. The fourth-order valence-electron chi connectivity index (χ4n) is 6.11. The Balaban J connectivity index is 1.17. The molecule has 1 saturated carbocycles. The lowest BCUT2D eigenvalue weighted by molar-refractivity contribution is -0.310. The van der Waals surface area contributed by atoms with Gasteiger partial charge in [-0.3, -0.25) is 14.3 Å². The summed E-state index contributed by atoms with van der Waals surface area (Å²) >= 11 is 6.26. The molecular formula is C24H26ClF3N6O2. The van der Waals surface area contributed by atoms with Crippen molar-refractivity contribution < 1.29 is 22.7 Å². The van der Waals surface area contributed by atoms with Crippen LogP contribution >= 0.6 is 11.6 Å². The average Bonchev–Trinajstić information content (AvgIpc) is 3.37. The van der Waals surface area contributed by atoms with Crippen LogP contribution < -0.4 is 4.90 Å². The number of alkyl halides is 3. The quantitative estimate of drug-likeness (QED) is 0.617. The minimum Gasteiger partial charge on any atom is -0.377 e. The van der Waals surface area contributed by atoms with Crippen LogP contribution in [0.3, 0.4) is 0 Å². The van der Waals surface area contributed by atoms with Gasteiger partial charge in [-0.05, 0) is 36.6 Å². The van der Waals surface area contributed by atoms with Gasteiger partial charge in [0.25, 0.3) is 0 Å². The van der Waals surface area contributed by atoms with Crippen molar-refractivity contribution in [3.8, 4) is 5.69 Å². The molecule has 0 unspecified atom stereocenters. The minimum absolute atomic E-state index is 0.0119. The normalized spacial score (nSPS) is 25.2. The number of anilines is 1. The molecule has 0 atom stereocenters. The first-order valence-corrected chi connectivity index (χ1v) is 12.6. The van der Waals surface area contributed by atoms with Gasteiger partial charge in [-0.1, -0.05) is 18.5 Å². The molecule has 0 N–H and O–H groups in total. The molecule has 2 aromatic rings. The molecule has 4 fully saturated rings. The number of hydrogen-bond donors (Lipinski definition) is 0. The van der Waals surface area contributed by atoms with Gasteiger partial charge >= 0.3 is 6.18 Å². The first kappa shape index (κ1) is 22.8. The summed E-state index contributed by atoms with van der Waals surface area (Å²) in [6, 6.07) is 5.28. The van der Waals surface area contributed by atoms with E-state index in [0.29, 0.717) is 22.4 Å². The number of halogens is 4. The van der Waals surface area contributed by atoms with Crippen LogP contribution in [-0.4, -0.2) is 81.6 Å². The van der Waals surface area contributed by atoms with E-state index >= 15 is 0 Å². The zero-order valence-corrected chi connectivity index (χ0v) is 20.6. The smallest absolute Gasteiger partial charge is 0.377 e. The highest BCUT2D eigenvalue weighted by atomic mass is 35.5. The molecule has 5 aliphatic rings. The molecule has 1 aromatic carbocycles. The van der Waals surface area contributed by atoms with Crippen molar-refractivity contribution in [2.75, 3.05) is 44.3 Å². The summed E-state index contributed by atoms with van der Waals surface area (Å²) in [5, 5.41) is 9.23. The number of benzene rings is 1. The highest BCUT2D eigenvalue weighted by Crippen LogP contribution is 2.51. The van der Waals surface area contributed by atoms with E-state index in [0.717, 1.165) is 44.7 Å². The van der Waals surface area contributed by atoms with Crippen LogP contribution in [0.15, 0.2) is 18.2 Å². The van der Waals surface area contributed by atoms with Crippen LogP contribution in [0.5, 0.6) is 0 Å². The molecule has 1 spiro atoms. The molecule has 3 saturated heterocycles. The maximum atomic E-state index is 14.2. The lowest BCUT2D eigenvalue weighted by Gasteiger charge is -2.60. The molecule has 1 amide bonds. The van der Waals surface area contributed by atoms with E-state index < -0.39 is 24.9 Å². The summed E-state index contributed by atoms with van der Waals surface area (Å²) in [7, 11) is 0. The van der Waals surface area contributed by atoms with Gasteiger partial charge in [0.1, 0.15) is 0 Å². The van der Waals surface area contributed by atoms with Crippen LogP contribution in [-0.2, 0) is 22.6 Å². The zero-order chi connectivity index (χ0) is 25.1. The monoisotopic (exact) mass is 522 g/mol. The maximum Gasteiger partial charge on any atom is 0.411 e. The molecule has 4 aliphatic heterocycles. The molecule has 1 aliphatic carbocycles. The Kier molecular flexibility index (Phi) is 4.52. The van der Waals surface area contributed by atoms with Gasteiger partial charge in [0.2, 0.25) is 11.9 Å². The van der Waals surface area contributed by atoms with Crippen LogP contribution in [0, 0.1) is 10.8 Å². The Labute approximate surface area is 210 Å². The molecule has 192 valence electrons. The second-order valence-corrected chi connectivity index (χ2v) is 11.9. The number of rotatable bonds is 3. The summed E-state index contributed by atoms with van der Waals surface area (Å²) in [6.45, 7) is 4.23. The Morgan fingerprint density at radius 1 is 1.08 bits per heavy atom. The third-order valence-corrected chi connectivity index (χ3v) is 8.93. The number of amides is 1. The summed E-state index contributed by atoms with van der Waals surface area (Å²) in [5.41, 5.74) is -0.745. The number of fused-ring (bicyclic) bond motifs is 3. The number of aromatic nitrogens is 3. The Bertz CT molecular complexity index is 1260. The average molecular weight is 523 g/mol. The van der Waals surface area contributed by atoms with Gasteiger partial charge in [0.05, 0.1) is 25.4 Å². The number of carbonyl (C=O) groups is 1. The predicted octanol–water partition coefficient (Wildman–Crippen LogP) is 3.02. The molecule has 8 nitrogen and oxygen atoms in total. The zero-order valence-electron chi connectivity index (χ0n) is 19.8. The molecule has 5 heterocycles. The van der Waals surface area contributed by atoms with Gasteiger partial charge in [-0.15, -0.1) is 10.2 Å². The largest absolute Gasteiger partial charge is 0.411 e. The van der Waals surface area contributed by atoms with Crippen molar-refractivity contribution in [2.45, 2.75) is 44.6 Å². The molecule has 36 heavy (non-hydrogen) atoms. The van der Waals surface area contributed by atoms with Gasteiger partial charge < -0.3 is 14.5 Å². The highest BCUT2D eigenvalue weighted by molar-refractivity contribution is 6.30. The van der Waals surface area contributed by atoms with E-state index in [2.05, 4.69) is 15.1 Å². The third kappa shape index (κ3) is 3.11. The topological polar surface area (TPSA) is 66.7 Å². The van der Waals surface area contributed by atoms with Crippen molar-refractivity contribution in [3.05, 3.63) is 34.6 Å². The van der Waals surface area contributed by atoms with Crippen LogP contribution in [0.4, 0.5) is 19.1 Å². The predicted molar refractivity (Wildman–Crippen MR) is 124 cm³/mol. The lowest BCUT2D eigenvalue weighted by Crippen LogP contribution is -2.73. The molecule has 12 heteroatoms. The third-order valence-electron chi connectivity index (χ3n) is 8.70. The fourth-order valence-corrected chi connectivity index (χ4v) is 6.31. The second-order valence-electron chi connectivity index (χ2n) is 11.5. The first-order chi connectivity index (χ1) is 17.0. The summed E-state index contributed by atoms with van der Waals surface area (Å²) in [4.78, 5) is 18.1. The van der Waals surface area contributed by atoms with Crippen molar-refractivity contribution in [1.82, 2.24) is 24.6 Å². The van der Waals surface area contributed by atoms with Gasteiger partial charge in [-0.2, -0.15) is 13.2 Å². The van der Waals surface area contributed by atoms with Gasteiger partial charge in [0, 0.05) is 48.6 Å². The SMILES string of the molecule is CC1(C(=O)N2CC3(C2)CN(c2nnc4n2-c2ccc(Cl)cc2CN(C2(C(F)(F)F)COC2)C4)C3)CC1. The number of likely N-dealkylation sites (tertiary alicyclic amines) is 1. The van der Waals surface area contributed by atoms with E-state index in [4.69, 9.17) is 16.3 Å². The molecule has 7 rings (SSSR count). The standard InChI is InChI=1S/C24H26ClF3N6O2/c1-21(4-5-21)19(35)31-9-22(10-31)11-32(12-22)20-30-29-18-8-33(23(13-36-14-23)24(26,27)28)7-15-6-16(25)2-3-17(15)34(18)20/h2-3,6H,4-5,7-14H2,1H3.